The summed E-state index contributed by atoms with van der Waals surface area (Å²) in [6.07, 6.45) is 6.95. The summed E-state index contributed by atoms with van der Waals surface area (Å²) in [5, 5.41) is 0. The molecule has 0 heterocycles. The first-order valence-electron chi connectivity index (χ1n) is 7.50. The smallest absolute Gasteiger partial charge is 0.00964 e. The zero-order valence-corrected chi connectivity index (χ0v) is 11.2. The van der Waals surface area contributed by atoms with E-state index in [4.69, 9.17) is 5.73 Å². The highest BCUT2D eigenvalue weighted by atomic mass is 14.7. The standard InChI is InChI=1S/C17H23N/c1-11-4-2-3-5-15(11)17-8-12-6-13(9-17)16(18)14(7-12)10-17/h2-5,12-14,16H,6-10,18H2,1H3. The topological polar surface area (TPSA) is 26.0 Å². The maximum atomic E-state index is 6.44. The monoisotopic (exact) mass is 241 g/mol. The third kappa shape index (κ3) is 1.37. The third-order valence-electron chi connectivity index (χ3n) is 6.06. The lowest BCUT2D eigenvalue weighted by Crippen LogP contribution is -2.58. The molecule has 2 N–H and O–H groups in total. The summed E-state index contributed by atoms with van der Waals surface area (Å²) in [4.78, 5) is 0. The molecule has 0 aliphatic heterocycles. The van der Waals surface area contributed by atoms with Crippen molar-refractivity contribution in [2.45, 2.75) is 50.5 Å². The van der Waals surface area contributed by atoms with Gasteiger partial charge in [0.25, 0.3) is 0 Å². The summed E-state index contributed by atoms with van der Waals surface area (Å²) in [7, 11) is 0. The van der Waals surface area contributed by atoms with Crippen LogP contribution in [-0.2, 0) is 5.41 Å². The van der Waals surface area contributed by atoms with E-state index < -0.39 is 0 Å². The van der Waals surface area contributed by atoms with Crippen molar-refractivity contribution >= 4 is 0 Å². The van der Waals surface area contributed by atoms with Crippen LogP contribution < -0.4 is 5.73 Å². The number of nitrogens with two attached hydrogens (primary N) is 1. The molecule has 4 fully saturated rings. The maximum Gasteiger partial charge on any atom is 0.00964 e. The molecule has 18 heavy (non-hydrogen) atoms. The van der Waals surface area contributed by atoms with Gasteiger partial charge in [0.05, 0.1) is 0 Å². The van der Waals surface area contributed by atoms with Gasteiger partial charge in [0.1, 0.15) is 0 Å². The van der Waals surface area contributed by atoms with Crippen molar-refractivity contribution in [3.8, 4) is 0 Å². The van der Waals surface area contributed by atoms with Gasteiger partial charge in [-0.2, -0.15) is 0 Å². The van der Waals surface area contributed by atoms with E-state index in [1.165, 1.54) is 37.7 Å². The van der Waals surface area contributed by atoms with Crippen LogP contribution in [0.4, 0.5) is 0 Å². The predicted octanol–water partition coefficient (Wildman–Crippen LogP) is 3.40. The molecule has 4 aliphatic carbocycles. The second-order valence-electron chi connectivity index (χ2n) is 7.14. The Balaban J connectivity index is 1.79. The molecule has 4 bridgehead atoms. The Hall–Kier alpha value is -0.820. The van der Waals surface area contributed by atoms with Crippen molar-refractivity contribution in [1.29, 1.82) is 0 Å². The average Bonchev–Trinajstić information content (AvgIpc) is 2.35. The zero-order chi connectivity index (χ0) is 12.3. The minimum absolute atomic E-state index is 0.484. The highest BCUT2D eigenvalue weighted by Crippen LogP contribution is 2.60. The molecule has 1 heteroatoms. The average molecular weight is 241 g/mol. The second kappa shape index (κ2) is 3.60. The molecule has 2 unspecified atom stereocenters. The zero-order valence-electron chi connectivity index (χ0n) is 11.2. The van der Waals surface area contributed by atoms with E-state index in [0.29, 0.717) is 11.5 Å². The number of benzene rings is 1. The van der Waals surface area contributed by atoms with Gasteiger partial charge in [-0.25, -0.2) is 0 Å². The van der Waals surface area contributed by atoms with E-state index in [0.717, 1.165) is 17.8 Å². The minimum Gasteiger partial charge on any atom is -0.327 e. The van der Waals surface area contributed by atoms with Crippen LogP contribution in [0.3, 0.4) is 0 Å². The molecule has 1 aromatic carbocycles. The van der Waals surface area contributed by atoms with E-state index in [2.05, 4.69) is 31.2 Å². The summed E-state index contributed by atoms with van der Waals surface area (Å²) < 4.78 is 0. The predicted molar refractivity (Wildman–Crippen MR) is 74.4 cm³/mol. The Morgan fingerprint density at radius 3 is 2.39 bits per heavy atom. The number of aryl methyl sites for hydroxylation is 1. The highest BCUT2D eigenvalue weighted by molar-refractivity contribution is 5.36. The van der Waals surface area contributed by atoms with Crippen LogP contribution in [0.15, 0.2) is 24.3 Å². The lowest BCUT2D eigenvalue weighted by atomic mass is 9.46. The molecule has 5 rings (SSSR count). The van der Waals surface area contributed by atoms with Gasteiger partial charge in [-0.1, -0.05) is 24.3 Å². The van der Waals surface area contributed by atoms with Crippen molar-refractivity contribution < 1.29 is 0 Å². The number of hydrogen-bond donors (Lipinski definition) is 1. The first-order valence-corrected chi connectivity index (χ1v) is 7.50. The molecule has 0 amide bonds. The lowest BCUT2D eigenvalue weighted by molar-refractivity contribution is -0.0228. The molecular weight excluding hydrogens is 218 g/mol. The quantitative estimate of drug-likeness (QED) is 0.801. The molecular formula is C17H23N. The van der Waals surface area contributed by atoms with E-state index >= 15 is 0 Å². The summed E-state index contributed by atoms with van der Waals surface area (Å²) in [5.74, 6) is 2.56. The van der Waals surface area contributed by atoms with Crippen molar-refractivity contribution in [1.82, 2.24) is 0 Å². The molecule has 4 aliphatic rings. The van der Waals surface area contributed by atoms with Gasteiger partial charge in [-0.05, 0) is 73.3 Å². The SMILES string of the molecule is Cc1ccccc1C12CC3CC(C1)C(N)C(C3)C2. The van der Waals surface area contributed by atoms with Crippen LogP contribution in [0.2, 0.25) is 0 Å². The molecule has 0 spiro atoms. The number of hydrogen-bond acceptors (Lipinski definition) is 1. The maximum absolute atomic E-state index is 6.44. The molecule has 1 nitrogen and oxygen atoms in total. The van der Waals surface area contributed by atoms with Gasteiger partial charge < -0.3 is 5.73 Å². The van der Waals surface area contributed by atoms with E-state index in [9.17, 15) is 0 Å². The summed E-state index contributed by atoms with van der Waals surface area (Å²) in [6, 6.07) is 9.56. The molecule has 2 atom stereocenters. The third-order valence-corrected chi connectivity index (χ3v) is 6.06. The summed E-state index contributed by atoms with van der Waals surface area (Å²) >= 11 is 0. The largest absolute Gasteiger partial charge is 0.327 e. The van der Waals surface area contributed by atoms with E-state index in [-0.39, 0.29) is 0 Å². The molecule has 0 saturated heterocycles. The van der Waals surface area contributed by atoms with Crippen LogP contribution in [0, 0.1) is 24.7 Å². The van der Waals surface area contributed by atoms with Gasteiger partial charge in [-0.15, -0.1) is 0 Å². The van der Waals surface area contributed by atoms with Gasteiger partial charge >= 0.3 is 0 Å². The number of rotatable bonds is 1. The van der Waals surface area contributed by atoms with Gasteiger partial charge in [-0.3, -0.25) is 0 Å². The van der Waals surface area contributed by atoms with Crippen LogP contribution >= 0.6 is 0 Å². The van der Waals surface area contributed by atoms with Crippen molar-refractivity contribution in [2.24, 2.45) is 23.5 Å². The van der Waals surface area contributed by atoms with E-state index in [1.54, 1.807) is 5.56 Å². The summed E-state index contributed by atoms with van der Waals surface area (Å²) in [5.41, 5.74) is 10.1. The van der Waals surface area contributed by atoms with Crippen molar-refractivity contribution in [3.63, 3.8) is 0 Å². The molecule has 96 valence electrons. The summed E-state index contributed by atoms with van der Waals surface area (Å²) in [6.45, 7) is 2.29. The van der Waals surface area contributed by atoms with Crippen molar-refractivity contribution in [3.05, 3.63) is 35.4 Å². The van der Waals surface area contributed by atoms with Crippen LogP contribution in [-0.4, -0.2) is 6.04 Å². The fourth-order valence-electron chi connectivity index (χ4n) is 5.56. The first kappa shape index (κ1) is 11.0. The molecule has 4 saturated carbocycles. The molecule has 0 aromatic heterocycles. The van der Waals surface area contributed by atoms with Crippen molar-refractivity contribution in [2.75, 3.05) is 0 Å². The fourth-order valence-corrected chi connectivity index (χ4v) is 5.56. The first-order chi connectivity index (χ1) is 8.68. The Bertz CT molecular complexity index is 462. The van der Waals surface area contributed by atoms with E-state index in [1.807, 2.05) is 0 Å². The molecule has 1 aromatic rings. The normalized spacial score (nSPS) is 45.4. The van der Waals surface area contributed by atoms with Gasteiger partial charge in [0.2, 0.25) is 0 Å². The Labute approximate surface area is 110 Å². The lowest BCUT2D eigenvalue weighted by Gasteiger charge is -2.60. The van der Waals surface area contributed by atoms with Crippen LogP contribution in [0.1, 0.15) is 43.2 Å². The van der Waals surface area contributed by atoms with Crippen LogP contribution in [0.25, 0.3) is 0 Å². The Morgan fingerprint density at radius 2 is 1.72 bits per heavy atom. The van der Waals surface area contributed by atoms with Gasteiger partial charge in [0, 0.05) is 6.04 Å². The van der Waals surface area contributed by atoms with Gasteiger partial charge in [0.15, 0.2) is 0 Å². The second-order valence-corrected chi connectivity index (χ2v) is 7.14. The molecule has 0 radical (unpaired) electrons. The Kier molecular flexibility index (Phi) is 2.21. The Morgan fingerprint density at radius 1 is 1.06 bits per heavy atom. The van der Waals surface area contributed by atoms with Crippen LogP contribution in [0.5, 0.6) is 0 Å². The minimum atomic E-state index is 0.484. The fraction of sp³-hybridized carbons (Fsp3) is 0.647. The highest BCUT2D eigenvalue weighted by Gasteiger charge is 2.55.